The van der Waals surface area contributed by atoms with E-state index >= 15 is 0 Å². The molecule has 3 rings (SSSR count). The summed E-state index contributed by atoms with van der Waals surface area (Å²) in [5.74, 6) is 1.27. The number of fused-ring (bicyclic) bond motifs is 1. The van der Waals surface area contributed by atoms with Crippen LogP contribution in [-0.2, 0) is 13.0 Å². The molecule has 0 aliphatic carbocycles. The van der Waals surface area contributed by atoms with Gasteiger partial charge in [0, 0.05) is 32.1 Å². The second-order valence-electron chi connectivity index (χ2n) is 5.96. The Bertz CT molecular complexity index is 609. The van der Waals surface area contributed by atoms with Crippen molar-refractivity contribution in [3.63, 3.8) is 0 Å². The zero-order valence-corrected chi connectivity index (χ0v) is 13.2. The second-order valence-corrected chi connectivity index (χ2v) is 5.96. The van der Waals surface area contributed by atoms with Crippen LogP contribution in [0.15, 0.2) is 48.5 Å². The first-order valence-corrected chi connectivity index (χ1v) is 7.93. The van der Waals surface area contributed by atoms with E-state index in [9.17, 15) is 0 Å². The molecule has 1 atom stereocenters. The van der Waals surface area contributed by atoms with E-state index in [-0.39, 0.29) is 0 Å². The Kier molecular flexibility index (Phi) is 4.76. The Hall–Kier alpha value is -1.84. The highest BCUT2D eigenvalue weighted by atomic mass is 16.5. The first-order valence-electron chi connectivity index (χ1n) is 7.93. The van der Waals surface area contributed by atoms with E-state index in [0.717, 1.165) is 31.8 Å². The van der Waals surface area contributed by atoms with Gasteiger partial charge in [-0.25, -0.2) is 0 Å². The Morgan fingerprint density at radius 2 is 1.82 bits per heavy atom. The van der Waals surface area contributed by atoms with Crippen molar-refractivity contribution in [1.29, 1.82) is 0 Å². The van der Waals surface area contributed by atoms with Crippen molar-refractivity contribution in [1.82, 2.24) is 4.90 Å². The first-order chi connectivity index (χ1) is 10.8. The quantitative estimate of drug-likeness (QED) is 0.922. The van der Waals surface area contributed by atoms with Crippen LogP contribution >= 0.6 is 0 Å². The number of methoxy groups -OCH3 is 1. The van der Waals surface area contributed by atoms with Gasteiger partial charge in [0.05, 0.1) is 7.11 Å². The number of ether oxygens (including phenoxy) is 1. The highest BCUT2D eigenvalue weighted by Gasteiger charge is 2.19. The minimum absolute atomic E-state index is 0.371. The summed E-state index contributed by atoms with van der Waals surface area (Å²) in [7, 11) is 1.70. The summed E-state index contributed by atoms with van der Waals surface area (Å²) in [6.45, 7) is 3.83. The van der Waals surface area contributed by atoms with Gasteiger partial charge >= 0.3 is 0 Å². The molecule has 0 saturated carbocycles. The third-order valence-corrected chi connectivity index (χ3v) is 4.56. The van der Waals surface area contributed by atoms with Gasteiger partial charge in [-0.1, -0.05) is 36.4 Å². The molecule has 0 radical (unpaired) electrons. The van der Waals surface area contributed by atoms with E-state index in [1.165, 1.54) is 16.7 Å². The number of nitrogens with two attached hydrogens (primary N) is 1. The molecule has 2 N–H and O–H groups in total. The van der Waals surface area contributed by atoms with Crippen LogP contribution in [0.5, 0.6) is 5.75 Å². The number of hydrogen-bond donors (Lipinski definition) is 1. The molecule has 3 heteroatoms. The highest BCUT2D eigenvalue weighted by Crippen LogP contribution is 2.23. The molecule has 0 amide bonds. The van der Waals surface area contributed by atoms with Gasteiger partial charge in [0.15, 0.2) is 0 Å². The van der Waals surface area contributed by atoms with Crippen LogP contribution in [0.1, 0.15) is 22.6 Å². The van der Waals surface area contributed by atoms with Gasteiger partial charge in [0.2, 0.25) is 0 Å². The normalized spacial score (nSPS) is 16.1. The third kappa shape index (κ3) is 3.32. The van der Waals surface area contributed by atoms with Crippen molar-refractivity contribution in [3.05, 3.63) is 65.2 Å². The molecule has 22 heavy (non-hydrogen) atoms. The van der Waals surface area contributed by atoms with Crippen LogP contribution in [0.2, 0.25) is 0 Å². The second kappa shape index (κ2) is 6.95. The molecule has 1 heterocycles. The molecular formula is C19H24N2O. The lowest BCUT2D eigenvalue weighted by atomic mass is 9.95. The Labute approximate surface area is 132 Å². The molecule has 0 fully saturated rings. The molecule has 2 aromatic rings. The summed E-state index contributed by atoms with van der Waals surface area (Å²) in [6, 6.07) is 17.1. The van der Waals surface area contributed by atoms with Crippen molar-refractivity contribution < 1.29 is 4.74 Å². The van der Waals surface area contributed by atoms with Crippen LogP contribution in [0.4, 0.5) is 0 Å². The molecule has 2 aromatic carbocycles. The largest absolute Gasteiger partial charge is 0.497 e. The fourth-order valence-electron chi connectivity index (χ4n) is 3.21. The number of nitrogens with zero attached hydrogens (tertiary/aromatic N) is 1. The SMILES string of the molecule is COc1ccc(C(CN)CN2CCc3ccccc3C2)cc1. The van der Waals surface area contributed by atoms with Gasteiger partial charge in [-0.05, 0) is 35.2 Å². The molecule has 1 unspecified atom stereocenters. The molecule has 0 saturated heterocycles. The molecule has 116 valence electrons. The maximum atomic E-state index is 6.03. The van der Waals surface area contributed by atoms with Crippen molar-refractivity contribution in [2.24, 2.45) is 5.73 Å². The van der Waals surface area contributed by atoms with Crippen LogP contribution in [-0.4, -0.2) is 31.6 Å². The van der Waals surface area contributed by atoms with Crippen LogP contribution < -0.4 is 10.5 Å². The Morgan fingerprint density at radius 1 is 1.09 bits per heavy atom. The Morgan fingerprint density at radius 3 is 2.50 bits per heavy atom. The zero-order chi connectivity index (χ0) is 15.4. The minimum atomic E-state index is 0.371. The predicted octanol–water partition coefficient (Wildman–Crippen LogP) is 2.80. The van der Waals surface area contributed by atoms with Gasteiger partial charge in [-0.2, -0.15) is 0 Å². The topological polar surface area (TPSA) is 38.5 Å². The fraction of sp³-hybridized carbons (Fsp3) is 0.368. The maximum Gasteiger partial charge on any atom is 0.118 e. The van der Waals surface area contributed by atoms with Crippen molar-refractivity contribution >= 4 is 0 Å². The molecule has 3 nitrogen and oxygen atoms in total. The van der Waals surface area contributed by atoms with E-state index in [4.69, 9.17) is 10.5 Å². The average molecular weight is 296 g/mol. The van der Waals surface area contributed by atoms with Gasteiger partial charge in [0.25, 0.3) is 0 Å². The smallest absolute Gasteiger partial charge is 0.118 e. The minimum Gasteiger partial charge on any atom is -0.497 e. The van der Waals surface area contributed by atoms with Gasteiger partial charge in [-0.3, -0.25) is 4.90 Å². The van der Waals surface area contributed by atoms with E-state index in [1.54, 1.807) is 7.11 Å². The molecular weight excluding hydrogens is 272 g/mol. The molecule has 0 aromatic heterocycles. The molecule has 0 spiro atoms. The van der Waals surface area contributed by atoms with E-state index in [2.05, 4.69) is 41.3 Å². The van der Waals surface area contributed by atoms with Gasteiger partial charge in [-0.15, -0.1) is 0 Å². The predicted molar refractivity (Wildman–Crippen MR) is 90.2 cm³/mol. The maximum absolute atomic E-state index is 6.03. The van der Waals surface area contributed by atoms with Crippen molar-refractivity contribution in [3.8, 4) is 5.75 Å². The average Bonchev–Trinajstić information content (AvgIpc) is 2.59. The van der Waals surface area contributed by atoms with Crippen LogP contribution in [0, 0.1) is 0 Å². The lowest BCUT2D eigenvalue weighted by Crippen LogP contribution is -2.35. The summed E-state index contributed by atoms with van der Waals surface area (Å²) in [5, 5.41) is 0. The summed E-state index contributed by atoms with van der Waals surface area (Å²) in [6.07, 6.45) is 1.13. The monoisotopic (exact) mass is 296 g/mol. The standard InChI is InChI=1S/C19H24N2O/c1-22-19-8-6-16(7-9-19)18(12-20)14-21-11-10-15-4-2-3-5-17(15)13-21/h2-9,18H,10-14,20H2,1H3. The third-order valence-electron chi connectivity index (χ3n) is 4.56. The number of hydrogen-bond acceptors (Lipinski definition) is 3. The fourth-order valence-corrected chi connectivity index (χ4v) is 3.21. The highest BCUT2D eigenvalue weighted by molar-refractivity contribution is 5.31. The summed E-state index contributed by atoms with van der Waals surface area (Å²) in [5.41, 5.74) is 10.3. The zero-order valence-electron chi connectivity index (χ0n) is 13.2. The lowest BCUT2D eigenvalue weighted by Gasteiger charge is -2.31. The summed E-state index contributed by atoms with van der Waals surface area (Å²) >= 11 is 0. The summed E-state index contributed by atoms with van der Waals surface area (Å²) < 4.78 is 5.23. The molecule has 1 aliphatic heterocycles. The summed E-state index contributed by atoms with van der Waals surface area (Å²) in [4.78, 5) is 2.52. The molecule has 0 bridgehead atoms. The molecule has 1 aliphatic rings. The lowest BCUT2D eigenvalue weighted by molar-refractivity contribution is 0.239. The van der Waals surface area contributed by atoms with Crippen molar-refractivity contribution in [2.45, 2.75) is 18.9 Å². The van der Waals surface area contributed by atoms with E-state index < -0.39 is 0 Å². The van der Waals surface area contributed by atoms with E-state index in [0.29, 0.717) is 12.5 Å². The van der Waals surface area contributed by atoms with Gasteiger partial charge < -0.3 is 10.5 Å². The van der Waals surface area contributed by atoms with Crippen LogP contribution in [0.25, 0.3) is 0 Å². The number of benzene rings is 2. The van der Waals surface area contributed by atoms with E-state index in [1.807, 2.05) is 12.1 Å². The first kappa shape index (κ1) is 15.1. The van der Waals surface area contributed by atoms with Gasteiger partial charge in [0.1, 0.15) is 5.75 Å². The van der Waals surface area contributed by atoms with Crippen molar-refractivity contribution in [2.75, 3.05) is 26.7 Å². The van der Waals surface area contributed by atoms with Crippen LogP contribution in [0.3, 0.4) is 0 Å². The Balaban J connectivity index is 1.68. The number of rotatable bonds is 5.